The topological polar surface area (TPSA) is 42.2 Å². The van der Waals surface area contributed by atoms with Crippen LogP contribution in [-0.4, -0.2) is 9.97 Å². The van der Waals surface area contributed by atoms with Gasteiger partial charge in [0.05, 0.1) is 33.5 Å². The van der Waals surface area contributed by atoms with Crippen LogP contribution < -0.4 is 4.90 Å². The minimum Gasteiger partial charge on any atom is -0.455 e. The van der Waals surface area contributed by atoms with Crippen molar-refractivity contribution in [3.8, 4) is 33.6 Å². The molecule has 10 aromatic rings. The highest BCUT2D eigenvalue weighted by Gasteiger charge is 2.22. The Morgan fingerprint density at radius 2 is 1.02 bits per heavy atom. The summed E-state index contributed by atoms with van der Waals surface area (Å²) < 4.78 is 6.76. The number of anilines is 3. The van der Waals surface area contributed by atoms with Crippen molar-refractivity contribution in [2.75, 3.05) is 4.90 Å². The van der Waals surface area contributed by atoms with E-state index in [9.17, 15) is 0 Å². The number of benzene rings is 8. The van der Waals surface area contributed by atoms with Crippen molar-refractivity contribution in [2.45, 2.75) is 0 Å². The molecular weight excluding hydrogens is 635 g/mol. The largest absolute Gasteiger partial charge is 0.455 e. The molecule has 2 aromatic heterocycles. The van der Waals surface area contributed by atoms with Gasteiger partial charge in [0.15, 0.2) is 0 Å². The van der Waals surface area contributed by atoms with Crippen LogP contribution in [0.4, 0.5) is 17.1 Å². The molecule has 0 atom stereocenters. The molecule has 244 valence electrons. The first-order valence-corrected chi connectivity index (χ1v) is 17.5. The van der Waals surface area contributed by atoms with Gasteiger partial charge >= 0.3 is 0 Å². The lowest BCUT2D eigenvalue weighted by Crippen LogP contribution is -2.10. The van der Waals surface area contributed by atoms with E-state index in [-0.39, 0.29) is 0 Å². The van der Waals surface area contributed by atoms with Crippen molar-refractivity contribution in [1.82, 2.24) is 9.97 Å². The number of rotatable bonds is 6. The maximum atomic E-state index is 6.76. The first kappa shape index (κ1) is 29.8. The van der Waals surface area contributed by atoms with E-state index in [4.69, 9.17) is 14.4 Å². The molecule has 10 rings (SSSR count). The highest BCUT2D eigenvalue weighted by Crippen LogP contribution is 2.46. The molecule has 0 aliphatic rings. The van der Waals surface area contributed by atoms with Crippen LogP contribution in [0.25, 0.3) is 77.4 Å². The summed E-state index contributed by atoms with van der Waals surface area (Å²) in [6.45, 7) is 0. The van der Waals surface area contributed by atoms with E-state index < -0.39 is 0 Å². The second-order valence-electron chi connectivity index (χ2n) is 13.0. The Morgan fingerprint density at radius 1 is 0.423 bits per heavy atom. The van der Waals surface area contributed by atoms with Gasteiger partial charge in [-0.2, -0.15) is 0 Å². The van der Waals surface area contributed by atoms with Crippen molar-refractivity contribution < 1.29 is 4.42 Å². The van der Waals surface area contributed by atoms with E-state index >= 15 is 0 Å². The lowest BCUT2D eigenvalue weighted by Gasteiger charge is -2.27. The van der Waals surface area contributed by atoms with Gasteiger partial charge in [-0.25, -0.2) is 9.97 Å². The van der Waals surface area contributed by atoms with Gasteiger partial charge in [0, 0.05) is 33.5 Å². The Balaban J connectivity index is 1.14. The first-order chi connectivity index (χ1) is 25.8. The van der Waals surface area contributed by atoms with E-state index in [1.165, 1.54) is 10.8 Å². The fraction of sp³-hybridized carbons (Fsp3) is 0. The zero-order valence-corrected chi connectivity index (χ0v) is 28.1. The number of fused-ring (bicyclic) bond motifs is 5. The summed E-state index contributed by atoms with van der Waals surface area (Å²) in [6.07, 6.45) is 0. The third kappa shape index (κ3) is 5.09. The zero-order valence-electron chi connectivity index (χ0n) is 28.1. The van der Waals surface area contributed by atoms with E-state index in [2.05, 4.69) is 144 Å². The molecule has 4 nitrogen and oxygen atoms in total. The maximum Gasteiger partial charge on any atom is 0.145 e. The lowest BCUT2D eigenvalue weighted by atomic mass is 9.97. The third-order valence-corrected chi connectivity index (χ3v) is 9.84. The molecule has 0 N–H and O–H groups in total. The maximum absolute atomic E-state index is 6.76. The Morgan fingerprint density at radius 3 is 1.77 bits per heavy atom. The molecule has 4 heteroatoms. The van der Waals surface area contributed by atoms with Crippen LogP contribution in [0.5, 0.6) is 0 Å². The summed E-state index contributed by atoms with van der Waals surface area (Å²) in [6, 6.07) is 65.5. The van der Waals surface area contributed by atoms with Crippen molar-refractivity contribution in [1.29, 1.82) is 0 Å². The minimum absolute atomic E-state index is 0.851. The molecule has 2 heterocycles. The molecule has 0 saturated heterocycles. The quantitative estimate of drug-likeness (QED) is 0.177. The van der Waals surface area contributed by atoms with E-state index in [1.54, 1.807) is 0 Å². The van der Waals surface area contributed by atoms with E-state index in [1.807, 2.05) is 48.5 Å². The smallest absolute Gasteiger partial charge is 0.145 e. The molecule has 8 aromatic carbocycles. The van der Waals surface area contributed by atoms with Gasteiger partial charge in [-0.3, -0.25) is 0 Å². The molecule has 0 bridgehead atoms. The minimum atomic E-state index is 0.851. The SMILES string of the molecule is c1ccc(-c2nc3ccccc3nc2-c2ccc(-c3ccc(N(c4ccccc4)c4ccc5ccccc5c4)c4c3oc3ccccc34)cc2)cc1. The van der Waals surface area contributed by atoms with Gasteiger partial charge in [0.2, 0.25) is 0 Å². The molecule has 0 aliphatic carbocycles. The standard InChI is InChI=1S/C48H31N3O/c1-3-14-34(15-4-1)46-47(50-42-21-11-10-20-41(42)49-46)35-25-23-33(24-26-35)39-29-30-43(45-40-19-9-12-22-44(40)52-48(39)45)51(37-17-5-2-6-18-37)38-28-27-32-13-7-8-16-36(32)31-38/h1-31H. The van der Waals surface area contributed by atoms with Gasteiger partial charge in [0.1, 0.15) is 11.2 Å². The van der Waals surface area contributed by atoms with Crippen LogP contribution in [0.1, 0.15) is 0 Å². The molecule has 0 spiro atoms. The van der Waals surface area contributed by atoms with Gasteiger partial charge < -0.3 is 9.32 Å². The van der Waals surface area contributed by atoms with Crippen molar-refractivity contribution in [3.05, 3.63) is 188 Å². The summed E-state index contributed by atoms with van der Waals surface area (Å²) in [5, 5.41) is 4.55. The average molecular weight is 666 g/mol. The Hall–Kier alpha value is -7.04. The fourth-order valence-electron chi connectivity index (χ4n) is 7.35. The normalized spacial score (nSPS) is 11.5. The number of nitrogens with zero attached hydrogens (tertiary/aromatic N) is 3. The molecular formula is C48H31N3O. The highest BCUT2D eigenvalue weighted by atomic mass is 16.3. The predicted molar refractivity (Wildman–Crippen MR) is 215 cm³/mol. The molecule has 0 unspecified atom stereocenters. The predicted octanol–water partition coefficient (Wildman–Crippen LogP) is 13.2. The number of hydrogen-bond donors (Lipinski definition) is 0. The van der Waals surface area contributed by atoms with Gasteiger partial charge in [-0.1, -0.05) is 133 Å². The molecule has 0 fully saturated rings. The summed E-state index contributed by atoms with van der Waals surface area (Å²) >= 11 is 0. The van der Waals surface area contributed by atoms with Crippen LogP contribution in [0.3, 0.4) is 0 Å². The number of para-hydroxylation sites is 4. The molecule has 0 amide bonds. The van der Waals surface area contributed by atoms with Gasteiger partial charge in [0.25, 0.3) is 0 Å². The van der Waals surface area contributed by atoms with Crippen LogP contribution in [-0.2, 0) is 0 Å². The van der Waals surface area contributed by atoms with Crippen LogP contribution >= 0.6 is 0 Å². The molecule has 0 radical (unpaired) electrons. The van der Waals surface area contributed by atoms with Crippen LogP contribution in [0.2, 0.25) is 0 Å². The number of hydrogen-bond acceptors (Lipinski definition) is 4. The zero-order chi connectivity index (χ0) is 34.4. The van der Waals surface area contributed by atoms with Crippen molar-refractivity contribution in [3.63, 3.8) is 0 Å². The second kappa shape index (κ2) is 12.4. The van der Waals surface area contributed by atoms with Crippen molar-refractivity contribution >= 4 is 60.8 Å². The summed E-state index contributed by atoms with van der Waals surface area (Å²) in [5.41, 5.74) is 12.5. The molecule has 0 saturated carbocycles. The average Bonchev–Trinajstić information content (AvgIpc) is 3.61. The Labute approximate surface area is 300 Å². The monoisotopic (exact) mass is 665 g/mol. The number of aromatic nitrogens is 2. The van der Waals surface area contributed by atoms with Crippen LogP contribution in [0, 0.1) is 0 Å². The fourth-order valence-corrected chi connectivity index (χ4v) is 7.35. The van der Waals surface area contributed by atoms with Gasteiger partial charge in [-0.15, -0.1) is 0 Å². The lowest BCUT2D eigenvalue weighted by molar-refractivity contribution is 0.670. The van der Waals surface area contributed by atoms with Gasteiger partial charge in [-0.05, 0) is 70.9 Å². The number of furan rings is 1. The summed E-state index contributed by atoms with van der Waals surface area (Å²) in [7, 11) is 0. The van der Waals surface area contributed by atoms with Crippen molar-refractivity contribution in [2.24, 2.45) is 0 Å². The third-order valence-electron chi connectivity index (χ3n) is 9.84. The van der Waals surface area contributed by atoms with E-state index in [0.717, 1.165) is 83.7 Å². The summed E-state index contributed by atoms with van der Waals surface area (Å²) in [5.74, 6) is 0. The highest BCUT2D eigenvalue weighted by molar-refractivity contribution is 6.17. The molecule has 52 heavy (non-hydrogen) atoms. The van der Waals surface area contributed by atoms with E-state index in [0.29, 0.717) is 0 Å². The molecule has 0 aliphatic heterocycles. The first-order valence-electron chi connectivity index (χ1n) is 17.5. The Bertz CT molecular complexity index is 2900. The summed E-state index contributed by atoms with van der Waals surface area (Å²) in [4.78, 5) is 12.5. The second-order valence-corrected chi connectivity index (χ2v) is 13.0. The van der Waals surface area contributed by atoms with Crippen LogP contribution in [0.15, 0.2) is 192 Å². The Kier molecular flexibility index (Phi) is 7.10.